The van der Waals surface area contributed by atoms with Crippen LogP contribution >= 0.6 is 0 Å². The van der Waals surface area contributed by atoms with Crippen molar-refractivity contribution >= 4 is 0 Å². The van der Waals surface area contributed by atoms with Crippen molar-refractivity contribution in [3.63, 3.8) is 0 Å². The fourth-order valence-electron chi connectivity index (χ4n) is 3.30. The van der Waals surface area contributed by atoms with Crippen LogP contribution in [0.1, 0.15) is 43.7 Å². The summed E-state index contributed by atoms with van der Waals surface area (Å²) in [6.07, 6.45) is 6.64. The molecule has 3 rings (SSSR count). The van der Waals surface area contributed by atoms with Crippen molar-refractivity contribution in [3.05, 3.63) is 35.6 Å². The fourth-order valence-corrected chi connectivity index (χ4v) is 3.30. The van der Waals surface area contributed by atoms with Crippen LogP contribution in [0.2, 0.25) is 0 Å². The molecule has 0 saturated carbocycles. The monoisotopic (exact) mass is 219 g/mol. The maximum absolute atomic E-state index is 12.9. The molecule has 2 atom stereocenters. The van der Waals surface area contributed by atoms with Gasteiger partial charge in [-0.3, -0.25) is 4.90 Å². The van der Waals surface area contributed by atoms with Gasteiger partial charge in [0.25, 0.3) is 0 Å². The van der Waals surface area contributed by atoms with Crippen LogP contribution in [0, 0.1) is 5.82 Å². The molecule has 0 bridgehead atoms. The number of rotatable bonds is 1. The minimum Gasteiger partial charge on any atom is -0.293 e. The van der Waals surface area contributed by atoms with E-state index < -0.39 is 0 Å². The Morgan fingerprint density at radius 1 is 1.00 bits per heavy atom. The summed E-state index contributed by atoms with van der Waals surface area (Å²) in [6, 6.07) is 8.43. The molecule has 2 heteroatoms. The number of hydrogen-bond donors (Lipinski definition) is 0. The van der Waals surface area contributed by atoms with Crippen molar-refractivity contribution < 1.29 is 4.39 Å². The number of benzene rings is 1. The first kappa shape index (κ1) is 10.3. The van der Waals surface area contributed by atoms with Gasteiger partial charge in [0.05, 0.1) is 0 Å². The average molecular weight is 219 g/mol. The first-order valence-electron chi connectivity index (χ1n) is 6.36. The summed E-state index contributed by atoms with van der Waals surface area (Å²) in [5, 5.41) is 0. The van der Waals surface area contributed by atoms with Crippen molar-refractivity contribution in [1.29, 1.82) is 0 Å². The third kappa shape index (κ3) is 1.75. The van der Waals surface area contributed by atoms with Crippen molar-refractivity contribution in [2.75, 3.05) is 6.54 Å². The highest BCUT2D eigenvalue weighted by molar-refractivity contribution is 5.21. The van der Waals surface area contributed by atoms with Crippen LogP contribution in [0.4, 0.5) is 4.39 Å². The van der Waals surface area contributed by atoms with E-state index >= 15 is 0 Å². The Morgan fingerprint density at radius 3 is 2.62 bits per heavy atom. The zero-order valence-corrected chi connectivity index (χ0v) is 9.53. The van der Waals surface area contributed by atoms with Gasteiger partial charge in [-0.15, -0.1) is 0 Å². The van der Waals surface area contributed by atoms with Gasteiger partial charge in [0, 0.05) is 12.1 Å². The molecule has 0 N–H and O–H groups in total. The SMILES string of the molecule is Fc1ccc([C@@H]2CC[C@@H]3CCCCN32)cc1. The van der Waals surface area contributed by atoms with E-state index in [1.807, 2.05) is 12.1 Å². The molecular weight excluding hydrogens is 201 g/mol. The molecule has 0 aliphatic carbocycles. The van der Waals surface area contributed by atoms with Gasteiger partial charge in [-0.05, 0) is 49.9 Å². The van der Waals surface area contributed by atoms with E-state index in [9.17, 15) is 4.39 Å². The summed E-state index contributed by atoms with van der Waals surface area (Å²) < 4.78 is 12.9. The number of fused-ring (bicyclic) bond motifs is 1. The molecule has 0 amide bonds. The second-order valence-corrected chi connectivity index (χ2v) is 5.03. The molecule has 2 fully saturated rings. The Bertz CT molecular complexity index is 360. The molecule has 2 heterocycles. The van der Waals surface area contributed by atoms with Crippen molar-refractivity contribution in [2.45, 2.75) is 44.2 Å². The van der Waals surface area contributed by atoms with Crippen LogP contribution in [0.3, 0.4) is 0 Å². The number of piperidine rings is 1. The fraction of sp³-hybridized carbons (Fsp3) is 0.571. The van der Waals surface area contributed by atoms with E-state index in [-0.39, 0.29) is 5.82 Å². The predicted molar refractivity (Wildman–Crippen MR) is 62.7 cm³/mol. The molecule has 86 valence electrons. The molecule has 0 aromatic heterocycles. The van der Waals surface area contributed by atoms with Crippen LogP contribution in [0.15, 0.2) is 24.3 Å². The number of halogens is 1. The van der Waals surface area contributed by atoms with Gasteiger partial charge in [-0.1, -0.05) is 18.6 Å². The summed E-state index contributed by atoms with van der Waals surface area (Å²) in [4.78, 5) is 2.64. The maximum Gasteiger partial charge on any atom is 0.123 e. The summed E-state index contributed by atoms with van der Waals surface area (Å²) in [5.74, 6) is -0.128. The van der Waals surface area contributed by atoms with E-state index in [2.05, 4.69) is 4.90 Å². The molecule has 0 spiro atoms. The zero-order chi connectivity index (χ0) is 11.0. The van der Waals surface area contributed by atoms with Gasteiger partial charge in [-0.25, -0.2) is 4.39 Å². The topological polar surface area (TPSA) is 3.24 Å². The Labute approximate surface area is 96.3 Å². The Morgan fingerprint density at radius 2 is 1.81 bits per heavy atom. The summed E-state index contributed by atoms with van der Waals surface area (Å²) in [5.41, 5.74) is 1.30. The highest BCUT2D eigenvalue weighted by Crippen LogP contribution is 2.40. The van der Waals surface area contributed by atoms with E-state index in [4.69, 9.17) is 0 Å². The highest BCUT2D eigenvalue weighted by Gasteiger charge is 2.35. The van der Waals surface area contributed by atoms with Crippen LogP contribution < -0.4 is 0 Å². The van der Waals surface area contributed by atoms with Crippen LogP contribution in [-0.2, 0) is 0 Å². The Balaban J connectivity index is 1.82. The van der Waals surface area contributed by atoms with Gasteiger partial charge in [0.2, 0.25) is 0 Å². The third-order valence-corrected chi connectivity index (χ3v) is 4.10. The lowest BCUT2D eigenvalue weighted by Crippen LogP contribution is -2.35. The van der Waals surface area contributed by atoms with E-state index in [1.54, 1.807) is 12.1 Å². The lowest BCUT2D eigenvalue weighted by molar-refractivity contribution is 0.150. The van der Waals surface area contributed by atoms with Gasteiger partial charge in [-0.2, -0.15) is 0 Å². The Hall–Kier alpha value is -0.890. The molecule has 1 aromatic carbocycles. The summed E-state index contributed by atoms with van der Waals surface area (Å²) >= 11 is 0. The van der Waals surface area contributed by atoms with E-state index in [1.165, 1.54) is 44.2 Å². The number of hydrogen-bond acceptors (Lipinski definition) is 1. The molecule has 2 saturated heterocycles. The summed E-state index contributed by atoms with van der Waals surface area (Å²) in [7, 11) is 0. The Kier molecular flexibility index (Phi) is 2.68. The lowest BCUT2D eigenvalue weighted by Gasteiger charge is -2.34. The van der Waals surface area contributed by atoms with Crippen LogP contribution in [0.25, 0.3) is 0 Å². The standard InChI is InChI=1S/C14H18FN/c15-12-6-4-11(5-7-12)14-9-8-13-3-1-2-10-16(13)14/h4-7,13-14H,1-3,8-10H2/t13-,14-/m0/s1. The van der Waals surface area contributed by atoms with E-state index in [0.717, 1.165) is 6.04 Å². The quantitative estimate of drug-likeness (QED) is 0.698. The van der Waals surface area contributed by atoms with Gasteiger partial charge in [0.1, 0.15) is 5.82 Å². The second kappa shape index (κ2) is 4.17. The van der Waals surface area contributed by atoms with E-state index in [0.29, 0.717) is 6.04 Å². The molecule has 2 aliphatic rings. The average Bonchev–Trinajstić information content (AvgIpc) is 2.74. The molecule has 1 nitrogen and oxygen atoms in total. The first-order valence-corrected chi connectivity index (χ1v) is 6.36. The normalized spacial score (nSPS) is 30.3. The maximum atomic E-state index is 12.9. The minimum atomic E-state index is -0.128. The third-order valence-electron chi connectivity index (χ3n) is 4.10. The van der Waals surface area contributed by atoms with Crippen molar-refractivity contribution in [1.82, 2.24) is 4.90 Å². The smallest absolute Gasteiger partial charge is 0.123 e. The van der Waals surface area contributed by atoms with Gasteiger partial charge in [0.15, 0.2) is 0 Å². The molecule has 2 aliphatic heterocycles. The predicted octanol–water partition coefficient (Wildman–Crippen LogP) is 3.52. The molecule has 1 aromatic rings. The highest BCUT2D eigenvalue weighted by atomic mass is 19.1. The van der Waals surface area contributed by atoms with Gasteiger partial charge < -0.3 is 0 Å². The van der Waals surface area contributed by atoms with Crippen molar-refractivity contribution in [2.24, 2.45) is 0 Å². The lowest BCUT2D eigenvalue weighted by atomic mass is 10.0. The molecule has 16 heavy (non-hydrogen) atoms. The van der Waals surface area contributed by atoms with Crippen LogP contribution in [-0.4, -0.2) is 17.5 Å². The van der Waals surface area contributed by atoms with Gasteiger partial charge >= 0.3 is 0 Å². The first-order chi connectivity index (χ1) is 7.84. The molecule has 0 radical (unpaired) electrons. The zero-order valence-electron chi connectivity index (χ0n) is 9.53. The van der Waals surface area contributed by atoms with Crippen LogP contribution in [0.5, 0.6) is 0 Å². The second-order valence-electron chi connectivity index (χ2n) is 5.03. The molecule has 0 unspecified atom stereocenters. The minimum absolute atomic E-state index is 0.128. The largest absolute Gasteiger partial charge is 0.293 e. The summed E-state index contributed by atoms with van der Waals surface area (Å²) in [6.45, 7) is 1.23. The molecular formula is C14H18FN. The number of nitrogens with zero attached hydrogens (tertiary/aromatic N) is 1. The van der Waals surface area contributed by atoms with Crippen molar-refractivity contribution in [3.8, 4) is 0 Å².